The molecule has 29 heavy (non-hydrogen) atoms. The Morgan fingerprint density at radius 2 is 2.28 bits per heavy atom. The van der Waals surface area contributed by atoms with Crippen molar-refractivity contribution >= 4 is 23.4 Å². The summed E-state index contributed by atoms with van der Waals surface area (Å²) in [5.41, 5.74) is 1.52. The van der Waals surface area contributed by atoms with Gasteiger partial charge in [-0.1, -0.05) is 23.4 Å². The van der Waals surface area contributed by atoms with E-state index in [1.165, 1.54) is 6.08 Å². The fraction of sp³-hybridized carbons (Fsp3) is 0.400. The number of carbonyl (C=O) groups is 2. The van der Waals surface area contributed by atoms with E-state index in [0.29, 0.717) is 30.4 Å². The number of aromatic nitrogens is 3. The second-order valence-electron chi connectivity index (χ2n) is 7.24. The largest absolute Gasteiger partial charge is 0.492 e. The SMILES string of the molecule is C=CC(=O)NCc1cn(C2CCCN(C(=O)C3COc4ccc(Cl)cc43)C2)nn1. The van der Waals surface area contributed by atoms with Gasteiger partial charge in [-0.2, -0.15) is 0 Å². The zero-order valence-electron chi connectivity index (χ0n) is 15.9. The van der Waals surface area contributed by atoms with Crippen LogP contribution in [0.15, 0.2) is 37.1 Å². The van der Waals surface area contributed by atoms with Crippen molar-refractivity contribution in [3.8, 4) is 5.75 Å². The number of amides is 2. The van der Waals surface area contributed by atoms with Crippen LogP contribution in [0.5, 0.6) is 5.75 Å². The number of nitrogens with zero attached hydrogens (tertiary/aromatic N) is 4. The number of ether oxygens (including phenoxy) is 1. The second kappa shape index (κ2) is 8.24. The summed E-state index contributed by atoms with van der Waals surface area (Å²) in [5.74, 6) is 0.189. The lowest BCUT2D eigenvalue weighted by Gasteiger charge is -2.34. The normalized spacial score (nSPS) is 20.7. The topological polar surface area (TPSA) is 89.4 Å². The molecular weight excluding hydrogens is 394 g/mol. The first kappa shape index (κ1) is 19.4. The van der Waals surface area contributed by atoms with Gasteiger partial charge in [0.25, 0.3) is 0 Å². The Bertz CT molecular complexity index is 944. The van der Waals surface area contributed by atoms with Crippen molar-refractivity contribution in [3.63, 3.8) is 0 Å². The molecule has 1 aromatic carbocycles. The first-order chi connectivity index (χ1) is 14.0. The lowest BCUT2D eigenvalue weighted by atomic mass is 9.97. The molecule has 2 aliphatic rings. The molecule has 0 saturated carbocycles. The van der Waals surface area contributed by atoms with E-state index in [1.54, 1.807) is 10.7 Å². The standard InChI is InChI=1S/C20H22ClN5O3/c1-2-19(27)22-9-14-10-26(24-23-14)15-4-3-7-25(11-15)20(28)17-12-29-18-6-5-13(21)8-16(17)18/h2,5-6,8,10,15,17H,1,3-4,7,9,11-12H2,(H,22,27). The Hall–Kier alpha value is -2.87. The number of hydrogen-bond acceptors (Lipinski definition) is 5. The Labute approximate surface area is 173 Å². The Morgan fingerprint density at radius 3 is 3.10 bits per heavy atom. The minimum absolute atomic E-state index is 0.0465. The van der Waals surface area contributed by atoms with Crippen molar-refractivity contribution in [1.82, 2.24) is 25.2 Å². The minimum atomic E-state index is -0.331. The molecule has 2 amide bonds. The van der Waals surface area contributed by atoms with Crippen LogP contribution in [0.3, 0.4) is 0 Å². The number of halogens is 1. The molecule has 3 heterocycles. The molecule has 0 spiro atoms. The fourth-order valence-electron chi connectivity index (χ4n) is 3.80. The van der Waals surface area contributed by atoms with Crippen LogP contribution in [-0.2, 0) is 16.1 Å². The maximum absolute atomic E-state index is 13.2. The van der Waals surface area contributed by atoms with Crippen LogP contribution in [0, 0.1) is 0 Å². The number of hydrogen-bond donors (Lipinski definition) is 1. The summed E-state index contributed by atoms with van der Waals surface area (Å²) < 4.78 is 7.46. The van der Waals surface area contributed by atoms with Crippen LogP contribution in [-0.4, -0.2) is 51.4 Å². The molecular formula is C20H22ClN5O3. The number of rotatable bonds is 5. The van der Waals surface area contributed by atoms with Gasteiger partial charge in [-0.05, 0) is 37.1 Å². The van der Waals surface area contributed by atoms with Gasteiger partial charge >= 0.3 is 0 Å². The molecule has 0 bridgehead atoms. The van der Waals surface area contributed by atoms with Crippen molar-refractivity contribution in [2.24, 2.45) is 0 Å². The van der Waals surface area contributed by atoms with Crippen molar-refractivity contribution in [2.75, 3.05) is 19.7 Å². The van der Waals surface area contributed by atoms with Gasteiger partial charge in [0.15, 0.2) is 0 Å². The number of benzene rings is 1. The predicted octanol–water partition coefficient (Wildman–Crippen LogP) is 2.07. The highest BCUT2D eigenvalue weighted by molar-refractivity contribution is 6.30. The molecule has 152 valence electrons. The summed E-state index contributed by atoms with van der Waals surface area (Å²) in [5, 5.41) is 11.6. The van der Waals surface area contributed by atoms with Crippen molar-refractivity contribution < 1.29 is 14.3 Å². The molecule has 0 radical (unpaired) electrons. The number of fused-ring (bicyclic) bond motifs is 1. The average molecular weight is 416 g/mol. The van der Waals surface area contributed by atoms with E-state index < -0.39 is 0 Å². The van der Waals surface area contributed by atoms with Gasteiger partial charge in [0.2, 0.25) is 11.8 Å². The Kier molecular flexibility index (Phi) is 5.53. The van der Waals surface area contributed by atoms with Gasteiger partial charge in [-0.25, -0.2) is 4.68 Å². The van der Waals surface area contributed by atoms with Crippen molar-refractivity contribution in [1.29, 1.82) is 0 Å². The summed E-state index contributed by atoms with van der Waals surface area (Å²) in [6.45, 7) is 5.32. The summed E-state index contributed by atoms with van der Waals surface area (Å²) in [7, 11) is 0. The molecule has 1 aromatic heterocycles. The van der Waals surface area contributed by atoms with Gasteiger partial charge in [0.05, 0.1) is 18.8 Å². The molecule has 1 N–H and O–H groups in total. The van der Waals surface area contributed by atoms with E-state index in [9.17, 15) is 9.59 Å². The Balaban J connectivity index is 1.42. The van der Waals surface area contributed by atoms with Crippen LogP contribution >= 0.6 is 11.6 Å². The number of likely N-dealkylation sites (tertiary alicyclic amines) is 1. The second-order valence-corrected chi connectivity index (χ2v) is 7.67. The third-order valence-corrected chi connectivity index (χ3v) is 5.56. The highest BCUT2D eigenvalue weighted by atomic mass is 35.5. The summed E-state index contributed by atoms with van der Waals surface area (Å²) in [6, 6.07) is 5.44. The first-order valence-electron chi connectivity index (χ1n) is 9.57. The van der Waals surface area contributed by atoms with Gasteiger partial charge in [0, 0.05) is 23.7 Å². The molecule has 0 aliphatic carbocycles. The smallest absolute Gasteiger partial charge is 0.243 e. The molecule has 2 unspecified atom stereocenters. The summed E-state index contributed by atoms with van der Waals surface area (Å²) in [4.78, 5) is 26.3. The maximum atomic E-state index is 13.2. The molecule has 1 saturated heterocycles. The molecule has 1 fully saturated rings. The van der Waals surface area contributed by atoms with E-state index in [4.69, 9.17) is 16.3 Å². The fourth-order valence-corrected chi connectivity index (χ4v) is 3.98. The third-order valence-electron chi connectivity index (χ3n) is 5.32. The van der Waals surface area contributed by atoms with Gasteiger partial charge in [0.1, 0.15) is 24.0 Å². The predicted molar refractivity (Wildman–Crippen MR) is 107 cm³/mol. The number of carbonyl (C=O) groups excluding carboxylic acids is 2. The molecule has 8 nitrogen and oxygen atoms in total. The van der Waals surface area contributed by atoms with Gasteiger partial charge < -0.3 is 15.0 Å². The van der Waals surface area contributed by atoms with E-state index in [0.717, 1.165) is 24.2 Å². The van der Waals surface area contributed by atoms with Crippen LogP contribution in [0.1, 0.15) is 36.1 Å². The van der Waals surface area contributed by atoms with Gasteiger partial charge in [-0.15, -0.1) is 5.10 Å². The monoisotopic (exact) mass is 415 g/mol. The number of nitrogens with one attached hydrogen (secondary N) is 1. The van der Waals surface area contributed by atoms with Crippen LogP contribution in [0.25, 0.3) is 0 Å². The first-order valence-corrected chi connectivity index (χ1v) is 9.95. The lowest BCUT2D eigenvalue weighted by molar-refractivity contribution is -0.134. The zero-order valence-corrected chi connectivity index (χ0v) is 16.6. The van der Waals surface area contributed by atoms with Crippen LogP contribution < -0.4 is 10.1 Å². The van der Waals surface area contributed by atoms with Crippen LogP contribution in [0.2, 0.25) is 5.02 Å². The quantitative estimate of drug-likeness (QED) is 0.755. The van der Waals surface area contributed by atoms with E-state index >= 15 is 0 Å². The zero-order chi connectivity index (χ0) is 20.4. The maximum Gasteiger partial charge on any atom is 0.243 e. The summed E-state index contributed by atoms with van der Waals surface area (Å²) >= 11 is 6.11. The molecule has 2 aromatic rings. The number of piperidine rings is 1. The molecule has 2 atom stereocenters. The third kappa shape index (κ3) is 4.12. The van der Waals surface area contributed by atoms with Crippen molar-refractivity contribution in [2.45, 2.75) is 31.3 Å². The molecule has 2 aliphatic heterocycles. The van der Waals surface area contributed by atoms with E-state index in [1.807, 2.05) is 23.2 Å². The van der Waals surface area contributed by atoms with Crippen molar-refractivity contribution in [3.05, 3.63) is 53.3 Å². The minimum Gasteiger partial charge on any atom is -0.492 e. The van der Waals surface area contributed by atoms with Gasteiger partial charge in [-0.3, -0.25) is 9.59 Å². The highest BCUT2D eigenvalue weighted by Crippen LogP contribution is 2.37. The highest BCUT2D eigenvalue weighted by Gasteiger charge is 2.36. The average Bonchev–Trinajstić information content (AvgIpc) is 3.38. The summed E-state index contributed by atoms with van der Waals surface area (Å²) in [6.07, 6.45) is 4.83. The lowest BCUT2D eigenvalue weighted by Crippen LogP contribution is -2.43. The molecule has 4 rings (SSSR count). The van der Waals surface area contributed by atoms with E-state index in [2.05, 4.69) is 22.2 Å². The van der Waals surface area contributed by atoms with Crippen LogP contribution in [0.4, 0.5) is 0 Å². The van der Waals surface area contributed by atoms with E-state index in [-0.39, 0.29) is 30.3 Å². The Morgan fingerprint density at radius 1 is 1.41 bits per heavy atom. The molecule has 9 heteroatoms.